The van der Waals surface area contributed by atoms with Gasteiger partial charge in [-0.15, -0.1) is 0 Å². The monoisotopic (exact) mass is 520 g/mol. The van der Waals surface area contributed by atoms with Crippen LogP contribution >= 0.6 is 0 Å². The highest BCUT2D eigenvalue weighted by Crippen LogP contribution is 2.35. The maximum absolute atomic E-state index is 13.3. The summed E-state index contributed by atoms with van der Waals surface area (Å²) in [4.78, 5) is 31.3. The summed E-state index contributed by atoms with van der Waals surface area (Å²) in [6.07, 6.45) is 2.12. The third-order valence-corrected chi connectivity index (χ3v) is 7.97. The Bertz CT molecular complexity index is 1360. The number of carbonyl (C=O) groups excluding carboxylic acids is 1. The maximum atomic E-state index is 13.3. The lowest BCUT2D eigenvalue weighted by Crippen LogP contribution is -2.51. The van der Waals surface area contributed by atoms with E-state index in [0.29, 0.717) is 30.7 Å². The number of hydrogen-bond donors (Lipinski definition) is 4. The number of ether oxygens (including phenoxy) is 1. The average Bonchev–Trinajstić information content (AvgIpc) is 2.87. The minimum Gasteiger partial charge on any atom is -0.494 e. The van der Waals surface area contributed by atoms with Crippen LogP contribution in [0.3, 0.4) is 0 Å². The first-order valence-corrected chi connectivity index (χ1v) is 13.5. The number of aromatic amines is 1. The van der Waals surface area contributed by atoms with Gasteiger partial charge in [0.1, 0.15) is 5.75 Å². The minimum absolute atomic E-state index is 0.135. The summed E-state index contributed by atoms with van der Waals surface area (Å²) in [5, 5.41) is 13.8. The smallest absolute Gasteiger partial charge is 0.322 e. The fourth-order valence-corrected chi connectivity index (χ4v) is 5.59. The van der Waals surface area contributed by atoms with Crippen LogP contribution in [0.25, 0.3) is 10.9 Å². The van der Waals surface area contributed by atoms with Gasteiger partial charge in [-0.25, -0.2) is 4.79 Å². The number of hydrogen-bond acceptors (Lipinski definition) is 5. The Morgan fingerprint density at radius 1 is 1.16 bits per heavy atom. The fraction of sp³-hybridized carbons (Fsp3) is 0.467. The Labute approximate surface area is 224 Å². The molecule has 5 N–H and O–H groups in total. The second kappa shape index (κ2) is 11.2. The first kappa shape index (κ1) is 27.7. The van der Waals surface area contributed by atoms with E-state index in [-0.39, 0.29) is 24.2 Å². The number of H-pyrrole nitrogens is 1. The van der Waals surface area contributed by atoms with E-state index in [1.807, 2.05) is 19.9 Å². The first-order chi connectivity index (χ1) is 18.1. The molecule has 0 saturated heterocycles. The number of pyridine rings is 1. The number of nitrogens with one attached hydrogen (secondary N) is 2. The van der Waals surface area contributed by atoms with E-state index in [1.165, 1.54) is 0 Å². The SMILES string of the molecule is CCOc1ccc(NC(=O)N(Cc2cc3cc(C)c(C(N)(CC)CC)c(C)c3[nH]c2=O)C2CC(O)C2)cc1. The van der Waals surface area contributed by atoms with Gasteiger partial charge < -0.3 is 30.8 Å². The highest BCUT2D eigenvalue weighted by molar-refractivity contribution is 5.90. The van der Waals surface area contributed by atoms with Gasteiger partial charge in [0.25, 0.3) is 5.56 Å². The van der Waals surface area contributed by atoms with E-state index >= 15 is 0 Å². The molecular weight excluding hydrogens is 480 g/mol. The number of benzene rings is 2. The normalized spacial score (nSPS) is 17.2. The predicted octanol–water partition coefficient (Wildman–Crippen LogP) is 5.08. The van der Waals surface area contributed by atoms with Crippen molar-refractivity contribution >= 4 is 22.6 Å². The molecule has 1 fully saturated rings. The van der Waals surface area contributed by atoms with Crippen LogP contribution in [0.4, 0.5) is 10.5 Å². The van der Waals surface area contributed by atoms with Crippen molar-refractivity contribution in [2.45, 2.75) is 84.5 Å². The molecule has 204 valence electrons. The standard InChI is InChI=1S/C30H40N4O4/c1-6-30(31,7-2)26-18(4)13-20-14-21(28(36)33-27(20)19(26)5)17-34(23-15-24(35)16-23)29(37)32-22-9-11-25(12-10-22)38-8-3/h9-14,23-24,35H,6-8,15-17,31H2,1-5H3,(H,32,37)(H,33,36). The number of carbonyl (C=O) groups is 1. The zero-order valence-electron chi connectivity index (χ0n) is 23.1. The van der Waals surface area contributed by atoms with Gasteiger partial charge in [-0.05, 0) is 105 Å². The molecule has 0 atom stereocenters. The number of aromatic nitrogens is 1. The summed E-state index contributed by atoms with van der Waals surface area (Å²) >= 11 is 0. The summed E-state index contributed by atoms with van der Waals surface area (Å²) in [5.74, 6) is 0.727. The molecule has 1 aliphatic carbocycles. The van der Waals surface area contributed by atoms with E-state index in [2.05, 4.69) is 37.1 Å². The summed E-state index contributed by atoms with van der Waals surface area (Å²) in [6.45, 7) is 10.9. The zero-order valence-corrected chi connectivity index (χ0v) is 23.1. The van der Waals surface area contributed by atoms with E-state index in [9.17, 15) is 14.7 Å². The van der Waals surface area contributed by atoms with Crippen LogP contribution in [-0.2, 0) is 12.1 Å². The topological polar surface area (TPSA) is 121 Å². The first-order valence-electron chi connectivity index (χ1n) is 13.5. The van der Waals surface area contributed by atoms with Crippen LogP contribution in [0.2, 0.25) is 0 Å². The van der Waals surface area contributed by atoms with Gasteiger partial charge in [-0.3, -0.25) is 4.79 Å². The van der Waals surface area contributed by atoms with Crippen molar-refractivity contribution in [2.24, 2.45) is 5.73 Å². The molecule has 2 aromatic carbocycles. The maximum Gasteiger partial charge on any atom is 0.322 e. The molecule has 1 aromatic heterocycles. The third-order valence-electron chi connectivity index (χ3n) is 7.97. The third kappa shape index (κ3) is 5.42. The zero-order chi connectivity index (χ0) is 27.6. The molecule has 3 aromatic rings. The lowest BCUT2D eigenvalue weighted by molar-refractivity contribution is 0.0173. The average molecular weight is 521 g/mol. The number of rotatable bonds is 9. The Morgan fingerprint density at radius 2 is 1.82 bits per heavy atom. The van der Waals surface area contributed by atoms with Crippen LogP contribution in [-0.4, -0.2) is 39.8 Å². The van der Waals surface area contributed by atoms with Gasteiger partial charge in [-0.1, -0.05) is 13.8 Å². The Hall–Kier alpha value is -3.36. The largest absolute Gasteiger partial charge is 0.494 e. The quantitative estimate of drug-likeness (QED) is 0.314. The van der Waals surface area contributed by atoms with Gasteiger partial charge >= 0.3 is 6.03 Å². The van der Waals surface area contributed by atoms with Gasteiger partial charge in [0.2, 0.25) is 0 Å². The van der Waals surface area contributed by atoms with Gasteiger partial charge in [-0.2, -0.15) is 0 Å². The molecule has 4 rings (SSSR count). The molecule has 8 nitrogen and oxygen atoms in total. The molecule has 1 saturated carbocycles. The van der Waals surface area contributed by atoms with E-state index < -0.39 is 11.6 Å². The Kier molecular flexibility index (Phi) is 8.13. The molecule has 0 spiro atoms. The van der Waals surface area contributed by atoms with E-state index in [4.69, 9.17) is 10.5 Å². The van der Waals surface area contributed by atoms with Crippen LogP contribution in [0.5, 0.6) is 5.75 Å². The van der Waals surface area contributed by atoms with Crippen LogP contribution < -0.4 is 21.3 Å². The van der Waals surface area contributed by atoms with Crippen molar-refractivity contribution in [3.8, 4) is 5.75 Å². The van der Waals surface area contributed by atoms with Crippen molar-refractivity contribution in [3.05, 3.63) is 69.0 Å². The van der Waals surface area contributed by atoms with Gasteiger partial charge in [0, 0.05) is 22.8 Å². The van der Waals surface area contributed by atoms with Crippen molar-refractivity contribution in [1.82, 2.24) is 9.88 Å². The molecule has 2 amide bonds. The summed E-state index contributed by atoms with van der Waals surface area (Å²) in [7, 11) is 0. The highest BCUT2D eigenvalue weighted by atomic mass is 16.5. The fourth-order valence-electron chi connectivity index (χ4n) is 5.59. The number of aliphatic hydroxyl groups excluding tert-OH is 1. The molecule has 1 aliphatic rings. The molecular formula is C30H40N4O4. The Morgan fingerprint density at radius 3 is 2.39 bits per heavy atom. The van der Waals surface area contributed by atoms with Crippen molar-refractivity contribution in [3.63, 3.8) is 0 Å². The van der Waals surface area contributed by atoms with E-state index in [1.54, 1.807) is 29.2 Å². The van der Waals surface area contributed by atoms with E-state index in [0.717, 1.165) is 46.2 Å². The van der Waals surface area contributed by atoms with Gasteiger partial charge in [0.15, 0.2) is 0 Å². The number of nitrogens with two attached hydrogens (primary N) is 1. The summed E-state index contributed by atoms with van der Waals surface area (Å²) in [5.41, 5.74) is 11.1. The van der Waals surface area contributed by atoms with Crippen LogP contribution in [0.15, 0.2) is 41.2 Å². The van der Waals surface area contributed by atoms with Crippen LogP contribution in [0.1, 0.15) is 68.7 Å². The van der Waals surface area contributed by atoms with Crippen molar-refractivity contribution < 1.29 is 14.6 Å². The highest BCUT2D eigenvalue weighted by Gasteiger charge is 2.36. The molecule has 0 radical (unpaired) electrons. The molecule has 8 heteroatoms. The predicted molar refractivity (Wildman–Crippen MR) is 152 cm³/mol. The second-order valence-corrected chi connectivity index (χ2v) is 10.4. The van der Waals surface area contributed by atoms with Crippen molar-refractivity contribution in [1.29, 1.82) is 0 Å². The molecule has 0 aliphatic heterocycles. The number of urea groups is 1. The lowest BCUT2D eigenvalue weighted by atomic mass is 9.79. The molecule has 0 bridgehead atoms. The molecule has 1 heterocycles. The lowest BCUT2D eigenvalue weighted by Gasteiger charge is -2.40. The summed E-state index contributed by atoms with van der Waals surface area (Å²) in [6, 6.07) is 10.7. The second-order valence-electron chi connectivity index (χ2n) is 10.4. The number of amides is 2. The number of anilines is 1. The Balaban J connectivity index is 1.65. The number of fused-ring (bicyclic) bond motifs is 1. The van der Waals surface area contributed by atoms with Crippen LogP contribution in [0, 0.1) is 13.8 Å². The number of nitrogens with zero attached hydrogens (tertiary/aromatic N) is 1. The van der Waals surface area contributed by atoms with Gasteiger partial charge in [0.05, 0.1) is 24.8 Å². The molecule has 38 heavy (non-hydrogen) atoms. The molecule has 0 unspecified atom stereocenters. The summed E-state index contributed by atoms with van der Waals surface area (Å²) < 4.78 is 5.48. The van der Waals surface area contributed by atoms with Crippen molar-refractivity contribution in [2.75, 3.05) is 11.9 Å². The minimum atomic E-state index is -0.460. The number of aryl methyl sites for hydroxylation is 2. The number of aliphatic hydroxyl groups is 1.